The number of hydrogen-bond acceptors (Lipinski definition) is 9. The van der Waals surface area contributed by atoms with Crippen molar-refractivity contribution in [1.82, 2.24) is 14.7 Å². The van der Waals surface area contributed by atoms with E-state index in [0.29, 0.717) is 28.8 Å². The SMILES string of the molecule is CNS(=O)(=O)c1cccc(Nc2cc(Nc3cccc(OC(C(=O)O)C(C)C)c3)ncn2)c1.O=C(O)C(F)(F)F. The monoisotopic (exact) mass is 585 g/mol. The molecule has 0 aliphatic rings. The maximum absolute atomic E-state index is 12.0. The number of alkyl halides is 3. The van der Waals surface area contributed by atoms with Crippen LogP contribution in [0.25, 0.3) is 0 Å². The fraction of sp³-hybridized carbons (Fsp3) is 0.250. The standard InChI is InChI=1S/C22H25N5O5S.C2HF3O2/c1-14(2)21(22(28)29)32-17-8-4-6-15(10-17)26-19-12-20(25-13-24-19)27-16-7-5-9-18(11-16)33(30,31)23-3;3-2(4,5)1(6)7/h4-14,21,23H,1-3H3,(H,28,29)(H2,24,25,26,27);(H,6,7). The Hall–Kier alpha value is -4.44. The molecule has 0 amide bonds. The highest BCUT2D eigenvalue weighted by molar-refractivity contribution is 7.89. The molecule has 1 aromatic heterocycles. The molecule has 40 heavy (non-hydrogen) atoms. The van der Waals surface area contributed by atoms with Crippen LogP contribution in [0.4, 0.5) is 36.2 Å². The number of benzene rings is 2. The maximum atomic E-state index is 12.0. The second-order valence-electron chi connectivity index (χ2n) is 8.23. The molecular weight excluding hydrogens is 559 g/mol. The Morgan fingerprint density at radius 2 is 1.45 bits per heavy atom. The third-order valence-corrected chi connectivity index (χ3v) is 6.23. The number of rotatable bonds is 10. The fourth-order valence-corrected chi connectivity index (χ4v) is 3.69. The normalized spacial score (nSPS) is 12.1. The first kappa shape index (κ1) is 31.8. The second-order valence-corrected chi connectivity index (χ2v) is 10.1. The van der Waals surface area contributed by atoms with Crippen LogP contribution in [0.2, 0.25) is 0 Å². The molecule has 3 aromatic rings. The van der Waals surface area contributed by atoms with E-state index < -0.39 is 34.2 Å². The van der Waals surface area contributed by atoms with Gasteiger partial charge in [0.15, 0.2) is 6.10 Å². The number of nitrogens with one attached hydrogen (secondary N) is 3. The van der Waals surface area contributed by atoms with E-state index >= 15 is 0 Å². The van der Waals surface area contributed by atoms with Crippen molar-refractivity contribution in [3.05, 3.63) is 60.9 Å². The molecule has 12 nitrogen and oxygen atoms in total. The van der Waals surface area contributed by atoms with Gasteiger partial charge in [-0.25, -0.2) is 32.7 Å². The minimum absolute atomic E-state index is 0.125. The number of anilines is 4. The molecule has 1 unspecified atom stereocenters. The molecule has 1 atom stereocenters. The van der Waals surface area contributed by atoms with Crippen molar-refractivity contribution >= 4 is 45.0 Å². The first-order valence-electron chi connectivity index (χ1n) is 11.3. The van der Waals surface area contributed by atoms with E-state index in [4.69, 9.17) is 14.6 Å². The van der Waals surface area contributed by atoms with Crippen molar-refractivity contribution in [3.63, 3.8) is 0 Å². The lowest BCUT2D eigenvalue weighted by Crippen LogP contribution is -2.32. The van der Waals surface area contributed by atoms with Gasteiger partial charge in [0.05, 0.1) is 4.90 Å². The van der Waals surface area contributed by atoms with Gasteiger partial charge < -0.3 is 25.6 Å². The largest absolute Gasteiger partial charge is 0.490 e. The van der Waals surface area contributed by atoms with E-state index in [1.807, 2.05) is 0 Å². The Morgan fingerprint density at radius 3 is 1.93 bits per heavy atom. The van der Waals surface area contributed by atoms with Crippen LogP contribution in [0.3, 0.4) is 0 Å². The Bertz CT molecular complexity index is 1440. The molecule has 1 heterocycles. The van der Waals surface area contributed by atoms with Gasteiger partial charge in [-0.15, -0.1) is 0 Å². The predicted octanol–water partition coefficient (Wildman–Crippen LogP) is 3.99. The Morgan fingerprint density at radius 1 is 0.925 bits per heavy atom. The van der Waals surface area contributed by atoms with E-state index in [-0.39, 0.29) is 10.8 Å². The lowest BCUT2D eigenvalue weighted by molar-refractivity contribution is -0.192. The summed E-state index contributed by atoms with van der Waals surface area (Å²) in [7, 11) is -2.22. The zero-order valence-corrected chi connectivity index (χ0v) is 22.1. The highest BCUT2D eigenvalue weighted by Crippen LogP contribution is 2.25. The van der Waals surface area contributed by atoms with Crippen LogP contribution in [0.15, 0.2) is 65.8 Å². The zero-order valence-electron chi connectivity index (χ0n) is 21.3. The molecule has 0 saturated carbocycles. The summed E-state index contributed by atoms with van der Waals surface area (Å²) in [5, 5.41) is 22.6. The number of carbonyl (C=O) groups is 2. The third-order valence-electron chi connectivity index (χ3n) is 4.81. The third kappa shape index (κ3) is 9.70. The van der Waals surface area contributed by atoms with Gasteiger partial charge in [0, 0.05) is 29.4 Å². The number of sulfonamides is 1. The van der Waals surface area contributed by atoms with Gasteiger partial charge in [-0.2, -0.15) is 13.2 Å². The van der Waals surface area contributed by atoms with Gasteiger partial charge in [-0.1, -0.05) is 26.0 Å². The van der Waals surface area contributed by atoms with Crippen LogP contribution in [0.5, 0.6) is 5.75 Å². The number of carboxylic acids is 2. The minimum atomic E-state index is -5.08. The summed E-state index contributed by atoms with van der Waals surface area (Å²) in [5.74, 6) is -2.65. The highest BCUT2D eigenvalue weighted by atomic mass is 32.2. The summed E-state index contributed by atoms with van der Waals surface area (Å²) >= 11 is 0. The first-order valence-corrected chi connectivity index (χ1v) is 12.8. The van der Waals surface area contributed by atoms with Gasteiger partial charge in [0.25, 0.3) is 0 Å². The second kappa shape index (κ2) is 13.6. The summed E-state index contributed by atoms with van der Waals surface area (Å²) < 4.78 is 63.7. The molecule has 216 valence electrons. The highest BCUT2D eigenvalue weighted by Gasteiger charge is 2.38. The van der Waals surface area contributed by atoms with Crippen molar-refractivity contribution in [1.29, 1.82) is 0 Å². The predicted molar refractivity (Wildman–Crippen MR) is 138 cm³/mol. The van der Waals surface area contributed by atoms with Crippen molar-refractivity contribution in [2.75, 3.05) is 17.7 Å². The van der Waals surface area contributed by atoms with Crippen LogP contribution < -0.4 is 20.1 Å². The molecule has 0 radical (unpaired) electrons. The van der Waals surface area contributed by atoms with Crippen LogP contribution >= 0.6 is 0 Å². The molecule has 2 aromatic carbocycles. The summed E-state index contributed by atoms with van der Waals surface area (Å²) in [6.45, 7) is 3.56. The molecule has 0 saturated heterocycles. The molecule has 0 bridgehead atoms. The lowest BCUT2D eigenvalue weighted by Gasteiger charge is -2.19. The molecule has 5 N–H and O–H groups in total. The lowest BCUT2D eigenvalue weighted by atomic mass is 10.1. The topological polar surface area (TPSA) is 180 Å². The van der Waals surface area contributed by atoms with Crippen molar-refractivity contribution in [3.8, 4) is 5.75 Å². The molecule has 0 spiro atoms. The van der Waals surface area contributed by atoms with Gasteiger partial charge in [-0.3, -0.25) is 0 Å². The number of hydrogen-bond donors (Lipinski definition) is 5. The first-order chi connectivity index (χ1) is 18.6. The summed E-state index contributed by atoms with van der Waals surface area (Å²) in [6.07, 6.45) is -4.68. The average molecular weight is 586 g/mol. The number of ether oxygens (including phenoxy) is 1. The maximum Gasteiger partial charge on any atom is 0.490 e. The molecule has 0 aliphatic carbocycles. The van der Waals surface area contributed by atoms with Crippen LogP contribution in [-0.4, -0.2) is 59.9 Å². The Labute approximate surface area is 227 Å². The smallest absolute Gasteiger partial charge is 0.478 e. The van der Waals surface area contributed by atoms with E-state index in [9.17, 15) is 31.5 Å². The molecule has 0 aliphatic heterocycles. The van der Waals surface area contributed by atoms with Crippen LogP contribution in [-0.2, 0) is 19.6 Å². The number of aromatic nitrogens is 2. The van der Waals surface area contributed by atoms with E-state index in [1.165, 1.54) is 25.5 Å². The number of nitrogens with zero attached hydrogens (tertiary/aromatic N) is 2. The molecule has 16 heteroatoms. The Balaban J connectivity index is 0.000000708. The number of aliphatic carboxylic acids is 2. The fourth-order valence-electron chi connectivity index (χ4n) is 2.91. The van der Waals surface area contributed by atoms with Crippen molar-refractivity contribution in [2.45, 2.75) is 31.0 Å². The number of carboxylic acid groups (broad SMARTS) is 2. The van der Waals surface area contributed by atoms with Gasteiger partial charge in [0.2, 0.25) is 10.0 Å². The van der Waals surface area contributed by atoms with E-state index in [0.717, 1.165) is 0 Å². The van der Waals surface area contributed by atoms with Crippen molar-refractivity contribution < 1.29 is 46.1 Å². The summed E-state index contributed by atoms with van der Waals surface area (Å²) in [5.41, 5.74) is 1.19. The summed E-state index contributed by atoms with van der Waals surface area (Å²) in [6, 6.07) is 14.9. The zero-order chi connectivity index (χ0) is 30.1. The van der Waals surface area contributed by atoms with Gasteiger partial charge >= 0.3 is 18.1 Å². The van der Waals surface area contributed by atoms with Crippen LogP contribution in [0, 0.1) is 5.92 Å². The summed E-state index contributed by atoms with van der Waals surface area (Å²) in [4.78, 5) is 28.8. The van der Waals surface area contributed by atoms with E-state index in [2.05, 4.69) is 25.3 Å². The molecule has 3 rings (SSSR count). The van der Waals surface area contributed by atoms with Crippen LogP contribution in [0.1, 0.15) is 13.8 Å². The van der Waals surface area contributed by atoms with Crippen molar-refractivity contribution in [2.24, 2.45) is 5.92 Å². The average Bonchev–Trinajstić information content (AvgIpc) is 2.87. The molecule has 0 fully saturated rings. The van der Waals surface area contributed by atoms with E-state index in [1.54, 1.807) is 56.3 Å². The van der Waals surface area contributed by atoms with Gasteiger partial charge in [0.1, 0.15) is 23.7 Å². The molecular formula is C24H26F3N5O7S. The minimum Gasteiger partial charge on any atom is -0.478 e. The van der Waals surface area contributed by atoms with Gasteiger partial charge in [-0.05, 0) is 37.4 Å². The number of halogens is 3. The Kier molecular flexibility index (Phi) is 10.8. The quantitative estimate of drug-likeness (QED) is 0.232.